The Morgan fingerprint density at radius 2 is 1.92 bits per heavy atom. The molecule has 0 unspecified atom stereocenters. The first-order valence-electron chi connectivity index (χ1n) is 3.81. The van der Waals surface area contributed by atoms with E-state index in [0.717, 1.165) is 5.69 Å². The highest BCUT2D eigenvalue weighted by Gasteiger charge is 2.19. The Bertz CT molecular complexity index is 518. The van der Waals surface area contributed by atoms with Crippen molar-refractivity contribution >= 4 is 26.6 Å². The van der Waals surface area contributed by atoms with Crippen molar-refractivity contribution in [2.75, 3.05) is 0 Å². The zero-order chi connectivity index (χ0) is 9.42. The number of aliphatic imine (C=N–C) groups is 1. The second-order valence-electron chi connectivity index (χ2n) is 2.78. The van der Waals surface area contributed by atoms with Crippen molar-refractivity contribution in [2.45, 2.75) is 6.92 Å². The van der Waals surface area contributed by atoms with Gasteiger partial charge < -0.3 is 0 Å². The molecule has 0 saturated carbocycles. The summed E-state index contributed by atoms with van der Waals surface area (Å²) in [4.78, 5) is 4.46. The monoisotopic (exact) mass is 193 g/mol. The third-order valence-electron chi connectivity index (χ3n) is 1.93. The Hall–Kier alpha value is -1.42. The van der Waals surface area contributed by atoms with Crippen molar-refractivity contribution in [3.63, 3.8) is 0 Å². The molecular formula is C9H7NO2S. The van der Waals surface area contributed by atoms with E-state index in [4.69, 9.17) is 0 Å². The van der Waals surface area contributed by atoms with Crippen LogP contribution in [0.2, 0.25) is 0 Å². The number of benzene rings is 1. The molecule has 1 aromatic carbocycles. The third kappa shape index (κ3) is 1.19. The first-order chi connectivity index (χ1) is 6.20. The van der Waals surface area contributed by atoms with Gasteiger partial charge >= 0.3 is 0 Å². The number of hydrogen-bond donors (Lipinski definition) is 0. The fourth-order valence-electron chi connectivity index (χ4n) is 1.40. The Morgan fingerprint density at radius 1 is 1.23 bits per heavy atom. The molecule has 0 N–H and O–H groups in total. The largest absolute Gasteiger partial charge is 0.251 e. The average molecular weight is 193 g/mol. The van der Waals surface area contributed by atoms with E-state index >= 15 is 0 Å². The van der Waals surface area contributed by atoms with Gasteiger partial charge in [0, 0.05) is 5.56 Å². The van der Waals surface area contributed by atoms with Crippen LogP contribution in [-0.4, -0.2) is 19.0 Å². The molecule has 4 heteroatoms. The van der Waals surface area contributed by atoms with E-state index in [1.54, 1.807) is 25.1 Å². The van der Waals surface area contributed by atoms with Gasteiger partial charge in [-0.1, -0.05) is 18.2 Å². The standard InChI is InChI=1S/C9H7NO2S/c1-6-9(13(11)12)7-4-2-3-5-8(7)10-6/h2-5H,1H3. The first kappa shape index (κ1) is 8.19. The fourth-order valence-corrected chi connectivity index (χ4v) is 2.04. The van der Waals surface area contributed by atoms with Crippen LogP contribution in [0, 0.1) is 0 Å². The Morgan fingerprint density at radius 3 is 2.62 bits per heavy atom. The van der Waals surface area contributed by atoms with Gasteiger partial charge in [0.2, 0.25) is 10.3 Å². The van der Waals surface area contributed by atoms with Gasteiger partial charge in [0.05, 0.1) is 11.4 Å². The minimum atomic E-state index is -2.20. The average Bonchev–Trinajstić information content (AvgIpc) is 2.39. The number of fused-ring (bicyclic) bond motifs is 1. The fraction of sp³-hybridized carbons (Fsp3) is 0.111. The molecular weight excluding hydrogens is 186 g/mol. The van der Waals surface area contributed by atoms with Crippen molar-refractivity contribution in [2.24, 2.45) is 4.99 Å². The number of hydrogen-bond acceptors (Lipinski definition) is 3. The first-order valence-corrected chi connectivity index (χ1v) is 4.89. The predicted octanol–water partition coefficient (Wildman–Crippen LogP) is 1.19. The summed E-state index contributed by atoms with van der Waals surface area (Å²) < 4.78 is 21.7. The van der Waals surface area contributed by atoms with Gasteiger partial charge in [-0.2, -0.15) is 8.42 Å². The second kappa shape index (κ2) is 2.81. The van der Waals surface area contributed by atoms with Crippen LogP contribution in [0.3, 0.4) is 0 Å². The zero-order valence-electron chi connectivity index (χ0n) is 6.98. The molecule has 0 fully saturated rings. The van der Waals surface area contributed by atoms with Crippen LogP contribution in [0.1, 0.15) is 12.5 Å². The SMILES string of the molecule is CC1=Nc2ccccc2C1=S(=O)=O. The molecule has 0 amide bonds. The molecule has 0 spiro atoms. The van der Waals surface area contributed by atoms with E-state index in [-0.39, 0.29) is 0 Å². The lowest BCUT2D eigenvalue weighted by Gasteiger charge is -1.93. The molecule has 0 aliphatic carbocycles. The lowest BCUT2D eigenvalue weighted by Crippen LogP contribution is -2.07. The van der Waals surface area contributed by atoms with Gasteiger partial charge in [-0.15, -0.1) is 0 Å². The number of para-hydroxylation sites is 1. The summed E-state index contributed by atoms with van der Waals surface area (Å²) in [7, 11) is -2.20. The van der Waals surface area contributed by atoms with Crippen LogP contribution >= 0.6 is 0 Å². The van der Waals surface area contributed by atoms with E-state index in [9.17, 15) is 8.42 Å². The lowest BCUT2D eigenvalue weighted by atomic mass is 10.1. The minimum Gasteiger partial charge on any atom is -0.251 e. The molecule has 1 aromatic rings. The molecule has 1 aliphatic heterocycles. The van der Waals surface area contributed by atoms with Gasteiger partial charge in [-0.25, -0.2) is 0 Å². The molecule has 3 nitrogen and oxygen atoms in total. The van der Waals surface area contributed by atoms with E-state index in [0.29, 0.717) is 16.1 Å². The van der Waals surface area contributed by atoms with Gasteiger partial charge in [-0.05, 0) is 13.0 Å². The van der Waals surface area contributed by atoms with Crippen LogP contribution in [-0.2, 0) is 10.3 Å². The van der Waals surface area contributed by atoms with E-state index in [2.05, 4.69) is 4.99 Å². The van der Waals surface area contributed by atoms with Crippen molar-refractivity contribution in [3.05, 3.63) is 29.8 Å². The van der Waals surface area contributed by atoms with E-state index < -0.39 is 10.3 Å². The maximum Gasteiger partial charge on any atom is 0.224 e. The molecule has 0 saturated heterocycles. The lowest BCUT2D eigenvalue weighted by molar-refractivity contribution is 0.627. The van der Waals surface area contributed by atoms with Crippen molar-refractivity contribution < 1.29 is 8.42 Å². The van der Waals surface area contributed by atoms with Crippen molar-refractivity contribution in [3.8, 4) is 0 Å². The van der Waals surface area contributed by atoms with Crippen LogP contribution in [0.4, 0.5) is 5.69 Å². The summed E-state index contributed by atoms with van der Waals surface area (Å²) >= 11 is 0. The molecule has 13 heavy (non-hydrogen) atoms. The number of rotatable bonds is 0. The minimum absolute atomic E-state index is 0.315. The van der Waals surface area contributed by atoms with Gasteiger partial charge in [-0.3, -0.25) is 4.99 Å². The second-order valence-corrected chi connectivity index (χ2v) is 3.66. The third-order valence-corrected chi connectivity index (χ3v) is 2.78. The zero-order valence-corrected chi connectivity index (χ0v) is 7.80. The molecule has 66 valence electrons. The summed E-state index contributed by atoms with van der Waals surface area (Å²) in [6.45, 7) is 1.70. The molecule has 0 aromatic heterocycles. The molecule has 1 aliphatic rings. The van der Waals surface area contributed by atoms with E-state index in [1.807, 2.05) is 6.07 Å². The highest BCUT2D eigenvalue weighted by atomic mass is 32.2. The quantitative estimate of drug-likeness (QED) is 0.581. The van der Waals surface area contributed by atoms with Crippen LogP contribution in [0.5, 0.6) is 0 Å². The molecule has 0 atom stereocenters. The maximum absolute atomic E-state index is 10.9. The summed E-state index contributed by atoms with van der Waals surface area (Å²) in [6, 6.07) is 7.21. The van der Waals surface area contributed by atoms with Crippen LogP contribution in [0.25, 0.3) is 0 Å². The van der Waals surface area contributed by atoms with Crippen LogP contribution < -0.4 is 0 Å². The Balaban J connectivity index is 2.84. The molecule has 1 heterocycles. The van der Waals surface area contributed by atoms with Gasteiger partial charge in [0.1, 0.15) is 4.86 Å². The highest BCUT2D eigenvalue weighted by Crippen LogP contribution is 2.25. The summed E-state index contributed by atoms with van der Waals surface area (Å²) in [5, 5.41) is 0. The van der Waals surface area contributed by atoms with Crippen molar-refractivity contribution in [1.82, 2.24) is 0 Å². The van der Waals surface area contributed by atoms with Crippen molar-refractivity contribution in [1.29, 1.82) is 0 Å². The molecule has 0 radical (unpaired) electrons. The van der Waals surface area contributed by atoms with E-state index in [1.165, 1.54) is 0 Å². The van der Waals surface area contributed by atoms with Crippen LogP contribution in [0.15, 0.2) is 29.3 Å². The topological polar surface area (TPSA) is 46.5 Å². The molecule has 0 bridgehead atoms. The normalized spacial score (nSPS) is 13.9. The Labute approximate surface area is 77.3 Å². The van der Waals surface area contributed by atoms with Gasteiger partial charge in [0.25, 0.3) is 0 Å². The van der Waals surface area contributed by atoms with Gasteiger partial charge in [0.15, 0.2) is 0 Å². The Kier molecular flexibility index (Phi) is 1.77. The summed E-state index contributed by atoms with van der Waals surface area (Å²) in [5.41, 5.74) is 2.00. The predicted molar refractivity (Wildman–Crippen MR) is 52.2 cm³/mol. The summed E-state index contributed by atoms with van der Waals surface area (Å²) in [5.74, 6) is 0. The number of nitrogens with zero attached hydrogens (tertiary/aromatic N) is 1. The smallest absolute Gasteiger partial charge is 0.224 e. The summed E-state index contributed by atoms with van der Waals surface area (Å²) in [6.07, 6.45) is 0. The maximum atomic E-state index is 10.9. The highest BCUT2D eigenvalue weighted by molar-refractivity contribution is 7.75. The molecule has 2 rings (SSSR count).